The molecule has 1 heterocycles. The highest BCUT2D eigenvalue weighted by Crippen LogP contribution is 2.35. The minimum atomic E-state index is -0.742. The molecule has 29 heavy (non-hydrogen) atoms. The number of anilines is 1. The van der Waals surface area contributed by atoms with Gasteiger partial charge in [0.25, 0.3) is 11.8 Å². The number of carbonyl (C=O) groups is 4. The van der Waals surface area contributed by atoms with Crippen molar-refractivity contribution in [1.29, 1.82) is 0 Å². The van der Waals surface area contributed by atoms with Gasteiger partial charge in [-0.2, -0.15) is 0 Å². The molecule has 1 saturated heterocycles. The van der Waals surface area contributed by atoms with Crippen LogP contribution in [0.25, 0.3) is 0 Å². The van der Waals surface area contributed by atoms with E-state index in [0.29, 0.717) is 24.3 Å². The Hall–Kier alpha value is -3.10. The quantitative estimate of drug-likeness (QED) is 0.506. The minimum absolute atomic E-state index is 0.00595. The van der Waals surface area contributed by atoms with Crippen molar-refractivity contribution >= 4 is 29.5 Å². The predicted octanol–water partition coefficient (Wildman–Crippen LogP) is 1.82. The van der Waals surface area contributed by atoms with Gasteiger partial charge in [0.2, 0.25) is 0 Å². The van der Waals surface area contributed by atoms with Crippen LogP contribution in [0.15, 0.2) is 24.3 Å². The average molecular weight is 403 g/mol. The molecule has 1 aliphatic carbocycles. The van der Waals surface area contributed by atoms with Gasteiger partial charge in [0.05, 0.1) is 12.8 Å². The second-order valence-electron chi connectivity index (χ2n) is 7.19. The fraction of sp³-hybridized carbons (Fsp3) is 0.500. The number of hydrogen-bond donors (Lipinski definition) is 2. The number of benzene rings is 1. The number of rotatable bonds is 8. The zero-order chi connectivity index (χ0) is 20.9. The van der Waals surface area contributed by atoms with Crippen LogP contribution in [-0.2, 0) is 19.1 Å². The molecule has 1 spiro atoms. The lowest BCUT2D eigenvalue weighted by molar-refractivity contribution is -0.147. The topological polar surface area (TPSA) is 114 Å². The van der Waals surface area contributed by atoms with Gasteiger partial charge in [-0.25, -0.2) is 4.79 Å². The molecule has 156 valence electrons. The van der Waals surface area contributed by atoms with E-state index in [4.69, 9.17) is 9.47 Å². The molecule has 9 heteroatoms. The van der Waals surface area contributed by atoms with E-state index in [2.05, 4.69) is 10.6 Å². The number of amides is 4. The third-order valence-corrected chi connectivity index (χ3v) is 5.21. The van der Waals surface area contributed by atoms with Crippen LogP contribution in [0.5, 0.6) is 5.75 Å². The number of para-hydroxylation sites is 2. The number of hydrogen-bond acceptors (Lipinski definition) is 6. The number of ether oxygens (including phenoxy) is 2. The molecule has 4 amide bonds. The van der Waals surface area contributed by atoms with Crippen LogP contribution in [0, 0.1) is 0 Å². The molecule has 2 aliphatic rings. The fourth-order valence-electron chi connectivity index (χ4n) is 3.73. The van der Waals surface area contributed by atoms with Crippen LogP contribution in [0.2, 0.25) is 0 Å². The van der Waals surface area contributed by atoms with Gasteiger partial charge in [-0.15, -0.1) is 0 Å². The van der Waals surface area contributed by atoms with E-state index in [9.17, 15) is 19.2 Å². The first-order valence-corrected chi connectivity index (χ1v) is 9.68. The average Bonchev–Trinajstić information content (AvgIpc) is 3.27. The first-order valence-electron chi connectivity index (χ1n) is 9.68. The first-order chi connectivity index (χ1) is 13.9. The standard InChI is InChI=1S/C20H25N3O6/c1-28-15-8-3-2-7-14(15)21-16(24)13-29-17(25)9-6-12-23-18(26)20(22-19(23)27)10-4-5-11-20/h2-3,7-8H,4-6,9-13H2,1H3,(H,21,24)(H,22,27). The van der Waals surface area contributed by atoms with E-state index in [1.807, 2.05) is 0 Å². The third-order valence-electron chi connectivity index (χ3n) is 5.21. The summed E-state index contributed by atoms with van der Waals surface area (Å²) in [5.74, 6) is -0.756. The summed E-state index contributed by atoms with van der Waals surface area (Å²) in [6.45, 7) is -0.280. The summed E-state index contributed by atoms with van der Waals surface area (Å²) >= 11 is 0. The zero-order valence-corrected chi connectivity index (χ0v) is 16.4. The molecule has 9 nitrogen and oxygen atoms in total. The summed E-state index contributed by atoms with van der Waals surface area (Å²) in [6.07, 6.45) is 3.45. The Balaban J connectivity index is 1.38. The van der Waals surface area contributed by atoms with Crippen molar-refractivity contribution in [3.63, 3.8) is 0 Å². The molecule has 1 aromatic carbocycles. The van der Waals surface area contributed by atoms with Crippen LogP contribution in [0.3, 0.4) is 0 Å². The molecule has 1 aliphatic heterocycles. The van der Waals surface area contributed by atoms with Crippen molar-refractivity contribution in [3.8, 4) is 5.75 Å². The van der Waals surface area contributed by atoms with Crippen molar-refractivity contribution in [3.05, 3.63) is 24.3 Å². The van der Waals surface area contributed by atoms with Gasteiger partial charge in [0, 0.05) is 13.0 Å². The van der Waals surface area contributed by atoms with E-state index < -0.39 is 30.1 Å². The normalized spacial score (nSPS) is 17.3. The number of nitrogens with zero attached hydrogens (tertiary/aromatic N) is 1. The Labute approximate surface area is 168 Å². The van der Waals surface area contributed by atoms with E-state index >= 15 is 0 Å². The molecule has 1 saturated carbocycles. The summed E-state index contributed by atoms with van der Waals surface area (Å²) < 4.78 is 10.1. The van der Waals surface area contributed by atoms with Gasteiger partial charge in [-0.1, -0.05) is 25.0 Å². The van der Waals surface area contributed by atoms with Gasteiger partial charge >= 0.3 is 12.0 Å². The second kappa shape index (κ2) is 8.93. The molecular weight excluding hydrogens is 378 g/mol. The number of methoxy groups -OCH3 is 1. The Morgan fingerprint density at radius 3 is 2.66 bits per heavy atom. The fourth-order valence-corrected chi connectivity index (χ4v) is 3.73. The molecule has 3 rings (SSSR count). The van der Waals surface area contributed by atoms with Crippen molar-refractivity contribution in [2.45, 2.75) is 44.1 Å². The highest BCUT2D eigenvalue weighted by molar-refractivity contribution is 6.07. The second-order valence-corrected chi connectivity index (χ2v) is 7.19. The van der Waals surface area contributed by atoms with Crippen LogP contribution < -0.4 is 15.4 Å². The Morgan fingerprint density at radius 1 is 1.21 bits per heavy atom. The number of nitrogens with one attached hydrogen (secondary N) is 2. The van der Waals surface area contributed by atoms with Crippen molar-refractivity contribution < 1.29 is 28.7 Å². The van der Waals surface area contributed by atoms with Crippen LogP contribution in [-0.4, -0.2) is 54.5 Å². The zero-order valence-electron chi connectivity index (χ0n) is 16.4. The molecule has 0 unspecified atom stereocenters. The van der Waals surface area contributed by atoms with Gasteiger partial charge in [-0.05, 0) is 31.4 Å². The van der Waals surface area contributed by atoms with E-state index in [1.54, 1.807) is 24.3 Å². The van der Waals surface area contributed by atoms with Gasteiger partial charge in [0.1, 0.15) is 11.3 Å². The van der Waals surface area contributed by atoms with Crippen molar-refractivity contribution in [1.82, 2.24) is 10.2 Å². The summed E-state index contributed by atoms with van der Waals surface area (Å²) in [5.41, 5.74) is -0.260. The van der Waals surface area contributed by atoms with Crippen molar-refractivity contribution in [2.24, 2.45) is 0 Å². The van der Waals surface area contributed by atoms with Crippen LogP contribution >= 0.6 is 0 Å². The largest absolute Gasteiger partial charge is 0.495 e. The maximum absolute atomic E-state index is 12.5. The van der Waals surface area contributed by atoms with Gasteiger partial charge < -0.3 is 20.1 Å². The summed E-state index contributed by atoms with van der Waals surface area (Å²) in [7, 11) is 1.49. The number of esters is 1. The van der Waals surface area contributed by atoms with Gasteiger partial charge in [-0.3, -0.25) is 19.3 Å². The summed E-state index contributed by atoms with van der Waals surface area (Å²) in [4.78, 5) is 49.6. The Morgan fingerprint density at radius 2 is 1.93 bits per heavy atom. The molecule has 0 bridgehead atoms. The molecule has 2 N–H and O–H groups in total. The van der Waals surface area contributed by atoms with Crippen LogP contribution in [0.4, 0.5) is 10.5 Å². The summed E-state index contributed by atoms with van der Waals surface area (Å²) in [5, 5.41) is 5.41. The Kier molecular flexibility index (Phi) is 6.36. The smallest absolute Gasteiger partial charge is 0.325 e. The third kappa shape index (κ3) is 4.67. The van der Waals surface area contributed by atoms with E-state index in [-0.39, 0.29) is 25.3 Å². The maximum atomic E-state index is 12.5. The molecular formula is C20H25N3O6. The lowest BCUT2D eigenvalue weighted by atomic mass is 9.98. The Bertz CT molecular complexity index is 803. The highest BCUT2D eigenvalue weighted by Gasteiger charge is 2.52. The lowest BCUT2D eigenvalue weighted by Crippen LogP contribution is -2.44. The van der Waals surface area contributed by atoms with Crippen LogP contribution in [0.1, 0.15) is 38.5 Å². The summed E-state index contributed by atoms with van der Waals surface area (Å²) in [6, 6.07) is 6.49. The van der Waals surface area contributed by atoms with E-state index in [1.165, 1.54) is 12.0 Å². The monoisotopic (exact) mass is 403 g/mol. The SMILES string of the molecule is COc1ccccc1NC(=O)COC(=O)CCCN1C(=O)NC2(CCCC2)C1=O. The molecule has 0 radical (unpaired) electrons. The highest BCUT2D eigenvalue weighted by atomic mass is 16.5. The molecule has 0 atom stereocenters. The maximum Gasteiger partial charge on any atom is 0.325 e. The van der Waals surface area contributed by atoms with E-state index in [0.717, 1.165) is 12.8 Å². The minimum Gasteiger partial charge on any atom is -0.495 e. The number of imide groups is 1. The predicted molar refractivity (Wildman–Crippen MR) is 103 cm³/mol. The molecule has 0 aromatic heterocycles. The van der Waals surface area contributed by atoms with Gasteiger partial charge in [0.15, 0.2) is 6.61 Å². The molecule has 2 fully saturated rings. The first kappa shape index (κ1) is 20.6. The number of carbonyl (C=O) groups excluding carboxylic acids is 4. The van der Waals surface area contributed by atoms with Crippen molar-refractivity contribution in [2.75, 3.05) is 25.6 Å². The lowest BCUT2D eigenvalue weighted by Gasteiger charge is -2.19. The molecule has 1 aromatic rings. The number of urea groups is 1.